The van der Waals surface area contributed by atoms with Crippen LogP contribution >= 0.6 is 11.8 Å². The zero-order chi connectivity index (χ0) is 13.9. The second-order valence-corrected chi connectivity index (χ2v) is 5.52. The standard InChI is InChI=1S/C12H15FN6S/c1-14-11-15-7-8(13)10(16-11)20-12-18-17-9-5-3-2-4-6-19(9)12/h7H,2-6H2,1H3,(H,14,15,16). The van der Waals surface area contributed by atoms with Crippen LogP contribution in [0.15, 0.2) is 16.4 Å². The van der Waals surface area contributed by atoms with Crippen molar-refractivity contribution in [3.05, 3.63) is 17.8 Å². The van der Waals surface area contributed by atoms with E-state index in [1.165, 1.54) is 24.4 Å². The number of fused-ring (bicyclic) bond motifs is 1. The van der Waals surface area contributed by atoms with E-state index in [0.717, 1.165) is 31.6 Å². The number of aryl methyl sites for hydroxylation is 1. The van der Waals surface area contributed by atoms with Gasteiger partial charge >= 0.3 is 0 Å². The van der Waals surface area contributed by atoms with Crippen molar-refractivity contribution in [1.29, 1.82) is 0 Å². The third-order valence-corrected chi connectivity index (χ3v) is 4.16. The second-order valence-electron chi connectivity index (χ2n) is 4.56. The number of rotatable bonds is 3. The molecule has 3 heterocycles. The predicted molar refractivity (Wildman–Crippen MR) is 73.2 cm³/mol. The number of halogens is 1. The second kappa shape index (κ2) is 5.74. The Morgan fingerprint density at radius 2 is 2.20 bits per heavy atom. The first-order valence-electron chi connectivity index (χ1n) is 6.58. The van der Waals surface area contributed by atoms with Crippen molar-refractivity contribution in [3.63, 3.8) is 0 Å². The molecule has 3 rings (SSSR count). The highest BCUT2D eigenvalue weighted by atomic mass is 32.2. The Labute approximate surface area is 120 Å². The van der Waals surface area contributed by atoms with Gasteiger partial charge in [0.2, 0.25) is 5.95 Å². The monoisotopic (exact) mass is 294 g/mol. The normalized spacial score (nSPS) is 14.7. The summed E-state index contributed by atoms with van der Waals surface area (Å²) in [6, 6.07) is 0. The van der Waals surface area contributed by atoms with Crippen LogP contribution in [-0.4, -0.2) is 31.8 Å². The van der Waals surface area contributed by atoms with E-state index in [2.05, 4.69) is 30.0 Å². The SMILES string of the molecule is CNc1ncc(F)c(Sc2nnc3n2CCCCC3)n1. The van der Waals surface area contributed by atoms with Gasteiger partial charge in [-0.1, -0.05) is 6.42 Å². The first-order valence-corrected chi connectivity index (χ1v) is 7.40. The fraction of sp³-hybridized carbons (Fsp3) is 0.500. The smallest absolute Gasteiger partial charge is 0.223 e. The molecule has 0 unspecified atom stereocenters. The quantitative estimate of drug-likeness (QED) is 0.875. The Morgan fingerprint density at radius 1 is 1.30 bits per heavy atom. The number of hydrogen-bond acceptors (Lipinski definition) is 6. The van der Waals surface area contributed by atoms with Crippen molar-refractivity contribution in [2.45, 2.75) is 42.4 Å². The highest BCUT2D eigenvalue weighted by Crippen LogP contribution is 2.29. The molecule has 0 radical (unpaired) electrons. The molecule has 0 bridgehead atoms. The summed E-state index contributed by atoms with van der Waals surface area (Å²) in [7, 11) is 1.70. The average Bonchev–Trinajstić information content (AvgIpc) is 2.70. The Morgan fingerprint density at radius 3 is 3.05 bits per heavy atom. The van der Waals surface area contributed by atoms with Crippen LogP contribution < -0.4 is 5.32 Å². The number of aromatic nitrogens is 5. The van der Waals surface area contributed by atoms with Gasteiger partial charge in [-0.2, -0.15) is 0 Å². The molecule has 20 heavy (non-hydrogen) atoms. The molecule has 0 aliphatic carbocycles. The molecule has 2 aromatic heterocycles. The van der Waals surface area contributed by atoms with E-state index in [-0.39, 0.29) is 5.03 Å². The summed E-state index contributed by atoms with van der Waals surface area (Å²) in [5.41, 5.74) is 0. The Bertz CT molecular complexity index is 614. The van der Waals surface area contributed by atoms with Crippen molar-refractivity contribution < 1.29 is 4.39 Å². The van der Waals surface area contributed by atoms with Gasteiger partial charge in [-0.05, 0) is 24.6 Å². The van der Waals surface area contributed by atoms with E-state index in [9.17, 15) is 4.39 Å². The van der Waals surface area contributed by atoms with Crippen LogP contribution in [0.5, 0.6) is 0 Å². The molecule has 0 saturated carbocycles. The molecule has 1 N–H and O–H groups in total. The lowest BCUT2D eigenvalue weighted by atomic mass is 10.2. The maximum Gasteiger partial charge on any atom is 0.223 e. The van der Waals surface area contributed by atoms with Crippen molar-refractivity contribution >= 4 is 17.7 Å². The first-order chi connectivity index (χ1) is 9.78. The van der Waals surface area contributed by atoms with Crippen LogP contribution in [-0.2, 0) is 13.0 Å². The van der Waals surface area contributed by atoms with Gasteiger partial charge in [0.25, 0.3) is 0 Å². The predicted octanol–water partition coefficient (Wildman–Crippen LogP) is 2.13. The summed E-state index contributed by atoms with van der Waals surface area (Å²) in [4.78, 5) is 7.96. The summed E-state index contributed by atoms with van der Waals surface area (Å²) in [6.45, 7) is 0.885. The number of anilines is 1. The lowest BCUT2D eigenvalue weighted by molar-refractivity contribution is 0.574. The van der Waals surface area contributed by atoms with Gasteiger partial charge in [0.05, 0.1) is 6.20 Å². The van der Waals surface area contributed by atoms with Crippen molar-refractivity contribution in [1.82, 2.24) is 24.7 Å². The molecule has 0 aromatic carbocycles. The minimum atomic E-state index is -0.444. The maximum absolute atomic E-state index is 13.8. The first kappa shape index (κ1) is 13.3. The van der Waals surface area contributed by atoms with Crippen molar-refractivity contribution in [2.75, 3.05) is 12.4 Å². The van der Waals surface area contributed by atoms with Gasteiger partial charge in [0.1, 0.15) is 10.9 Å². The zero-order valence-electron chi connectivity index (χ0n) is 11.1. The lowest BCUT2D eigenvalue weighted by Crippen LogP contribution is -2.03. The van der Waals surface area contributed by atoms with Crippen LogP contribution in [0.2, 0.25) is 0 Å². The van der Waals surface area contributed by atoms with Crippen LogP contribution in [0.4, 0.5) is 10.3 Å². The summed E-state index contributed by atoms with van der Waals surface area (Å²) in [5.74, 6) is 0.929. The molecule has 2 aromatic rings. The minimum absolute atomic E-state index is 0.267. The molecule has 0 fully saturated rings. The summed E-state index contributed by atoms with van der Waals surface area (Å²) in [6.07, 6.45) is 5.53. The molecule has 0 saturated heterocycles. The average molecular weight is 294 g/mol. The van der Waals surface area contributed by atoms with Gasteiger partial charge in [0, 0.05) is 20.0 Å². The molecule has 0 spiro atoms. The van der Waals surface area contributed by atoms with Gasteiger partial charge in [-0.15, -0.1) is 10.2 Å². The van der Waals surface area contributed by atoms with Crippen LogP contribution in [0, 0.1) is 5.82 Å². The highest BCUT2D eigenvalue weighted by molar-refractivity contribution is 7.99. The highest BCUT2D eigenvalue weighted by Gasteiger charge is 2.18. The molecule has 0 atom stereocenters. The third-order valence-electron chi connectivity index (χ3n) is 3.20. The number of hydrogen-bond donors (Lipinski definition) is 1. The third kappa shape index (κ3) is 2.60. The molecule has 0 amide bonds. The fourth-order valence-electron chi connectivity index (χ4n) is 2.16. The van der Waals surface area contributed by atoms with E-state index in [1.54, 1.807) is 7.05 Å². The number of nitrogens with zero attached hydrogens (tertiary/aromatic N) is 5. The summed E-state index contributed by atoms with van der Waals surface area (Å²) < 4.78 is 15.8. The molecule has 1 aliphatic heterocycles. The van der Waals surface area contributed by atoms with E-state index in [4.69, 9.17) is 0 Å². The van der Waals surface area contributed by atoms with E-state index in [0.29, 0.717) is 11.1 Å². The zero-order valence-corrected chi connectivity index (χ0v) is 12.0. The van der Waals surface area contributed by atoms with Gasteiger partial charge < -0.3 is 9.88 Å². The largest absolute Gasteiger partial charge is 0.357 e. The lowest BCUT2D eigenvalue weighted by Gasteiger charge is -2.07. The van der Waals surface area contributed by atoms with Gasteiger partial charge in [0.15, 0.2) is 11.0 Å². The van der Waals surface area contributed by atoms with E-state index < -0.39 is 5.82 Å². The van der Waals surface area contributed by atoms with Crippen LogP contribution in [0.25, 0.3) is 0 Å². The van der Waals surface area contributed by atoms with Gasteiger partial charge in [-0.25, -0.2) is 14.4 Å². The van der Waals surface area contributed by atoms with Crippen LogP contribution in [0.1, 0.15) is 25.1 Å². The summed E-state index contributed by atoms with van der Waals surface area (Å²) in [5, 5.41) is 12.1. The maximum atomic E-state index is 13.8. The minimum Gasteiger partial charge on any atom is -0.357 e. The van der Waals surface area contributed by atoms with E-state index >= 15 is 0 Å². The number of nitrogens with one attached hydrogen (secondary N) is 1. The fourth-order valence-corrected chi connectivity index (χ4v) is 3.01. The summed E-state index contributed by atoms with van der Waals surface area (Å²) >= 11 is 1.20. The van der Waals surface area contributed by atoms with Crippen molar-refractivity contribution in [3.8, 4) is 0 Å². The Hall–Kier alpha value is -1.70. The molecular weight excluding hydrogens is 279 g/mol. The molecule has 106 valence electrons. The van der Waals surface area contributed by atoms with E-state index in [1.807, 2.05) is 0 Å². The van der Waals surface area contributed by atoms with Gasteiger partial charge in [-0.3, -0.25) is 0 Å². The molecule has 6 nitrogen and oxygen atoms in total. The van der Waals surface area contributed by atoms with Crippen LogP contribution in [0.3, 0.4) is 0 Å². The topological polar surface area (TPSA) is 68.5 Å². The Kier molecular flexibility index (Phi) is 3.81. The van der Waals surface area contributed by atoms with Crippen molar-refractivity contribution in [2.24, 2.45) is 0 Å². The molecular formula is C12H15FN6S. The molecule has 1 aliphatic rings. The Balaban J connectivity index is 1.90. The molecule has 8 heteroatoms.